The van der Waals surface area contributed by atoms with E-state index in [4.69, 9.17) is 9.47 Å². The van der Waals surface area contributed by atoms with Crippen LogP contribution in [0.25, 0.3) is 0 Å². The molecule has 0 aliphatic carbocycles. The molecule has 0 bridgehead atoms. The molecule has 1 fully saturated rings. The molecule has 39 heavy (non-hydrogen) atoms. The average Bonchev–Trinajstić information content (AvgIpc) is 3.00. The van der Waals surface area contributed by atoms with Crippen LogP contribution in [0.3, 0.4) is 0 Å². The molecule has 1 aliphatic heterocycles. The maximum Gasteiger partial charge on any atom is 0.253 e. The van der Waals surface area contributed by atoms with E-state index in [2.05, 4.69) is 27.2 Å². The van der Waals surface area contributed by atoms with Gasteiger partial charge in [0.05, 0.1) is 24.4 Å². The standard InChI is InChI=1S/C30H30N4O4S/c1-20-26(19-39-30-32-14-3-15-33-30)37-29(38-27(20)23-9-7-22(18-35)8-10-23)24-11-5-21(6-12-24)16-34-28(36)25-4-2-13-31-17-25/h2-15,17,20,26-27,29,35H,16,18-19H2,1H3,(H,34,36)/t20-,26+,27+,29+/m0/s1. The number of amides is 1. The first kappa shape index (κ1) is 27.0. The molecular formula is C30H30N4O4S. The first-order valence-electron chi connectivity index (χ1n) is 12.8. The Kier molecular flexibility index (Phi) is 8.95. The molecule has 1 amide bonds. The third-order valence-corrected chi connectivity index (χ3v) is 7.64. The van der Waals surface area contributed by atoms with Gasteiger partial charge in [0.25, 0.3) is 5.91 Å². The zero-order valence-corrected chi connectivity index (χ0v) is 22.3. The molecule has 1 saturated heterocycles. The van der Waals surface area contributed by atoms with Crippen molar-refractivity contribution >= 4 is 17.7 Å². The van der Waals surface area contributed by atoms with E-state index in [1.807, 2.05) is 48.5 Å². The summed E-state index contributed by atoms with van der Waals surface area (Å²) >= 11 is 1.56. The van der Waals surface area contributed by atoms with Gasteiger partial charge in [0.1, 0.15) is 0 Å². The van der Waals surface area contributed by atoms with Crippen LogP contribution in [-0.2, 0) is 22.6 Å². The van der Waals surface area contributed by atoms with Gasteiger partial charge in [-0.25, -0.2) is 9.97 Å². The second-order valence-electron chi connectivity index (χ2n) is 9.33. The van der Waals surface area contributed by atoms with Crippen molar-refractivity contribution in [2.45, 2.75) is 43.7 Å². The van der Waals surface area contributed by atoms with Crippen LogP contribution in [0.2, 0.25) is 0 Å². The number of nitrogens with one attached hydrogen (secondary N) is 1. The lowest BCUT2D eigenvalue weighted by molar-refractivity contribution is -0.268. The number of pyridine rings is 1. The van der Waals surface area contributed by atoms with Crippen molar-refractivity contribution < 1.29 is 19.4 Å². The number of aliphatic hydroxyl groups is 1. The molecule has 9 heteroatoms. The third kappa shape index (κ3) is 6.88. The molecule has 1 aliphatic rings. The first-order chi connectivity index (χ1) is 19.1. The van der Waals surface area contributed by atoms with Gasteiger partial charge in [0.2, 0.25) is 0 Å². The Morgan fingerprint density at radius 2 is 1.64 bits per heavy atom. The van der Waals surface area contributed by atoms with E-state index in [-0.39, 0.29) is 30.6 Å². The third-order valence-electron chi connectivity index (χ3n) is 6.67. The molecule has 200 valence electrons. The Morgan fingerprint density at radius 3 is 2.33 bits per heavy atom. The smallest absolute Gasteiger partial charge is 0.253 e. The second kappa shape index (κ2) is 12.9. The summed E-state index contributed by atoms with van der Waals surface area (Å²) in [5, 5.41) is 13.1. The summed E-state index contributed by atoms with van der Waals surface area (Å²) in [4.78, 5) is 25.0. The Morgan fingerprint density at radius 1 is 0.923 bits per heavy atom. The van der Waals surface area contributed by atoms with Gasteiger partial charge in [-0.05, 0) is 34.9 Å². The van der Waals surface area contributed by atoms with Crippen molar-refractivity contribution in [3.05, 3.63) is 119 Å². The van der Waals surface area contributed by atoms with Gasteiger partial charge in [-0.15, -0.1) is 0 Å². The molecule has 2 aromatic heterocycles. The topological polar surface area (TPSA) is 106 Å². The Bertz CT molecular complexity index is 1340. The highest BCUT2D eigenvalue weighted by Crippen LogP contribution is 2.42. The normalized spacial score (nSPS) is 20.9. The van der Waals surface area contributed by atoms with Crippen molar-refractivity contribution in [2.24, 2.45) is 5.92 Å². The highest BCUT2D eigenvalue weighted by atomic mass is 32.2. The van der Waals surface area contributed by atoms with E-state index in [0.29, 0.717) is 23.0 Å². The predicted octanol–water partition coefficient (Wildman–Crippen LogP) is 4.88. The number of aromatic nitrogens is 3. The van der Waals surface area contributed by atoms with Crippen LogP contribution in [-0.4, -0.2) is 37.8 Å². The molecule has 5 rings (SSSR count). The monoisotopic (exact) mass is 542 g/mol. The fraction of sp³-hybridized carbons (Fsp3) is 0.267. The Hall–Kier alpha value is -3.63. The van der Waals surface area contributed by atoms with Gasteiger partial charge in [-0.2, -0.15) is 0 Å². The molecular weight excluding hydrogens is 512 g/mol. The van der Waals surface area contributed by atoms with Crippen LogP contribution in [0, 0.1) is 5.92 Å². The van der Waals surface area contributed by atoms with Gasteiger partial charge >= 0.3 is 0 Å². The molecule has 0 unspecified atom stereocenters. The fourth-order valence-corrected chi connectivity index (χ4v) is 5.37. The Labute approximate surface area is 231 Å². The van der Waals surface area contributed by atoms with Gasteiger partial charge in [-0.3, -0.25) is 9.78 Å². The van der Waals surface area contributed by atoms with Crippen LogP contribution in [0.1, 0.15) is 51.9 Å². The number of thioether (sulfide) groups is 1. The van der Waals surface area contributed by atoms with E-state index >= 15 is 0 Å². The number of carbonyl (C=O) groups excluding carboxylic acids is 1. The van der Waals surface area contributed by atoms with E-state index in [1.54, 1.807) is 54.7 Å². The summed E-state index contributed by atoms with van der Waals surface area (Å²) in [5.74, 6) is 0.576. The number of hydrogen-bond acceptors (Lipinski definition) is 8. The fourth-order valence-electron chi connectivity index (χ4n) is 4.40. The van der Waals surface area contributed by atoms with Crippen molar-refractivity contribution in [3.63, 3.8) is 0 Å². The SMILES string of the molecule is C[C@H]1[C@@H](CSc2ncccn2)O[C@@H](c2ccc(CNC(=O)c3cccnc3)cc2)O[C@H]1c1ccc(CO)cc1. The highest BCUT2D eigenvalue weighted by Gasteiger charge is 2.38. The summed E-state index contributed by atoms with van der Waals surface area (Å²) in [6.07, 6.45) is 5.78. The van der Waals surface area contributed by atoms with Gasteiger partial charge in [0.15, 0.2) is 11.4 Å². The first-order valence-corrected chi connectivity index (χ1v) is 13.8. The van der Waals surface area contributed by atoms with Crippen LogP contribution in [0.15, 0.2) is 96.7 Å². The van der Waals surface area contributed by atoms with E-state index in [1.165, 1.54) is 0 Å². The molecule has 8 nitrogen and oxygen atoms in total. The maximum absolute atomic E-state index is 12.4. The van der Waals surface area contributed by atoms with Gasteiger partial charge < -0.3 is 19.9 Å². The number of carbonyl (C=O) groups is 1. The highest BCUT2D eigenvalue weighted by molar-refractivity contribution is 7.99. The van der Waals surface area contributed by atoms with E-state index < -0.39 is 6.29 Å². The molecule has 3 heterocycles. The zero-order chi connectivity index (χ0) is 27.0. The molecule has 0 radical (unpaired) electrons. The lowest BCUT2D eigenvalue weighted by Crippen LogP contribution is -2.38. The summed E-state index contributed by atoms with van der Waals surface area (Å²) < 4.78 is 13.0. The van der Waals surface area contributed by atoms with E-state index in [0.717, 1.165) is 22.3 Å². The predicted molar refractivity (Wildman–Crippen MR) is 148 cm³/mol. The molecule has 0 saturated carbocycles. The van der Waals surface area contributed by atoms with Crippen LogP contribution < -0.4 is 5.32 Å². The van der Waals surface area contributed by atoms with Crippen molar-refractivity contribution in [1.29, 1.82) is 0 Å². The van der Waals surface area contributed by atoms with Crippen LogP contribution >= 0.6 is 11.8 Å². The summed E-state index contributed by atoms with van der Waals surface area (Å²) in [5.41, 5.74) is 4.27. The van der Waals surface area contributed by atoms with Crippen LogP contribution in [0.4, 0.5) is 0 Å². The number of aliphatic hydroxyl groups excluding tert-OH is 1. The van der Waals surface area contributed by atoms with Crippen molar-refractivity contribution in [2.75, 3.05) is 5.75 Å². The largest absolute Gasteiger partial charge is 0.392 e. The number of rotatable bonds is 9. The van der Waals surface area contributed by atoms with Crippen molar-refractivity contribution in [1.82, 2.24) is 20.3 Å². The number of hydrogen-bond donors (Lipinski definition) is 2. The molecule has 2 aromatic carbocycles. The Balaban J connectivity index is 1.30. The van der Waals surface area contributed by atoms with Crippen molar-refractivity contribution in [3.8, 4) is 0 Å². The second-order valence-corrected chi connectivity index (χ2v) is 10.3. The number of ether oxygens (including phenoxy) is 2. The lowest BCUT2D eigenvalue weighted by Gasteiger charge is -2.41. The minimum atomic E-state index is -0.565. The summed E-state index contributed by atoms with van der Waals surface area (Å²) in [6.45, 7) is 2.53. The maximum atomic E-state index is 12.4. The number of nitrogens with zero attached hydrogens (tertiary/aromatic N) is 3. The molecule has 4 aromatic rings. The summed E-state index contributed by atoms with van der Waals surface area (Å²) in [6, 6.07) is 21.0. The molecule has 0 spiro atoms. The quantitative estimate of drug-likeness (QED) is 0.228. The average molecular weight is 543 g/mol. The van der Waals surface area contributed by atoms with Gasteiger partial charge in [-0.1, -0.05) is 67.2 Å². The number of benzene rings is 2. The zero-order valence-electron chi connectivity index (χ0n) is 21.5. The van der Waals surface area contributed by atoms with E-state index in [9.17, 15) is 9.90 Å². The minimum absolute atomic E-state index is 0.00151. The molecule has 4 atom stereocenters. The van der Waals surface area contributed by atoms with Crippen LogP contribution in [0.5, 0.6) is 0 Å². The lowest BCUT2D eigenvalue weighted by atomic mass is 9.91. The summed E-state index contributed by atoms with van der Waals surface area (Å²) in [7, 11) is 0. The minimum Gasteiger partial charge on any atom is -0.392 e. The van der Waals surface area contributed by atoms with Gasteiger partial charge in [0, 0.05) is 48.6 Å². The molecule has 2 N–H and O–H groups in total.